The third-order valence-corrected chi connectivity index (χ3v) is 4.63. The van der Waals surface area contributed by atoms with Crippen molar-refractivity contribution in [3.8, 4) is 11.5 Å². The summed E-state index contributed by atoms with van der Waals surface area (Å²) in [5, 5.41) is 9.39. The molecule has 0 atom stereocenters. The van der Waals surface area contributed by atoms with Crippen LogP contribution in [0.1, 0.15) is 28.6 Å². The van der Waals surface area contributed by atoms with Gasteiger partial charge in [-0.15, -0.1) is 24.0 Å². The molecule has 176 valence electrons. The highest BCUT2D eigenvalue weighted by atomic mass is 127. The zero-order chi connectivity index (χ0) is 22.8. The number of carbonyl (C=O) groups is 1. The summed E-state index contributed by atoms with van der Waals surface area (Å²) in [6.45, 7) is 3.72. The Morgan fingerprint density at radius 1 is 1.03 bits per heavy atom. The van der Waals surface area contributed by atoms with Crippen LogP contribution in [0.25, 0.3) is 0 Å². The molecule has 8 nitrogen and oxygen atoms in total. The fourth-order valence-electron chi connectivity index (χ4n) is 3.04. The maximum absolute atomic E-state index is 12.2. The summed E-state index contributed by atoms with van der Waals surface area (Å²) < 4.78 is 15.8. The van der Waals surface area contributed by atoms with Gasteiger partial charge in [-0.1, -0.05) is 12.1 Å². The number of methoxy groups -OCH3 is 2. The van der Waals surface area contributed by atoms with Gasteiger partial charge in [-0.2, -0.15) is 0 Å². The highest BCUT2D eigenvalue weighted by molar-refractivity contribution is 14.0. The largest absolute Gasteiger partial charge is 0.497 e. The molecule has 0 radical (unpaired) electrons. The predicted molar refractivity (Wildman–Crippen MR) is 140 cm³/mol. The lowest BCUT2D eigenvalue weighted by atomic mass is 10.2. The van der Waals surface area contributed by atoms with E-state index in [4.69, 9.17) is 13.9 Å². The molecule has 1 aromatic heterocycles. The van der Waals surface area contributed by atoms with E-state index in [1.165, 1.54) is 6.26 Å². The molecule has 3 N–H and O–H groups in total. The molecule has 3 aromatic rings. The number of rotatable bonds is 9. The molecule has 0 fully saturated rings. The number of carbonyl (C=O) groups excluding carboxylic acids is 1. The first-order valence-electron chi connectivity index (χ1n) is 10.3. The van der Waals surface area contributed by atoms with Crippen molar-refractivity contribution in [2.45, 2.75) is 20.0 Å². The number of aliphatic imine (C=N–C) groups is 1. The molecule has 3 rings (SSSR count). The molecule has 1 heterocycles. The number of guanidine groups is 1. The van der Waals surface area contributed by atoms with Crippen LogP contribution in [0.2, 0.25) is 0 Å². The Labute approximate surface area is 210 Å². The molecule has 0 saturated carbocycles. The molecule has 2 aromatic carbocycles. The van der Waals surface area contributed by atoms with Gasteiger partial charge in [0, 0.05) is 30.4 Å². The summed E-state index contributed by atoms with van der Waals surface area (Å²) >= 11 is 0. The average molecular weight is 564 g/mol. The first-order valence-corrected chi connectivity index (χ1v) is 10.3. The van der Waals surface area contributed by atoms with Crippen LogP contribution in [0.5, 0.6) is 11.5 Å². The lowest BCUT2D eigenvalue weighted by Gasteiger charge is -2.14. The number of nitrogens with zero attached hydrogens (tertiary/aromatic N) is 1. The number of ether oxygens (including phenoxy) is 2. The monoisotopic (exact) mass is 564 g/mol. The van der Waals surface area contributed by atoms with Gasteiger partial charge in [0.2, 0.25) is 0 Å². The summed E-state index contributed by atoms with van der Waals surface area (Å²) in [5.41, 5.74) is 2.63. The Kier molecular flexibility index (Phi) is 10.5. The molecule has 0 unspecified atom stereocenters. The normalized spacial score (nSPS) is 10.7. The van der Waals surface area contributed by atoms with Crippen LogP contribution in [0.15, 0.2) is 70.3 Å². The van der Waals surface area contributed by atoms with E-state index in [2.05, 4.69) is 20.9 Å². The van der Waals surface area contributed by atoms with Crippen molar-refractivity contribution in [2.24, 2.45) is 4.99 Å². The van der Waals surface area contributed by atoms with Crippen molar-refractivity contribution < 1.29 is 18.7 Å². The van der Waals surface area contributed by atoms with Crippen LogP contribution in [0.3, 0.4) is 0 Å². The third-order valence-electron chi connectivity index (χ3n) is 4.63. The van der Waals surface area contributed by atoms with Crippen molar-refractivity contribution in [2.75, 3.05) is 26.1 Å². The third kappa shape index (κ3) is 7.70. The lowest BCUT2D eigenvalue weighted by Crippen LogP contribution is -2.36. The summed E-state index contributed by atoms with van der Waals surface area (Å²) in [4.78, 5) is 16.8. The minimum atomic E-state index is -0.293. The van der Waals surface area contributed by atoms with Crippen LogP contribution in [0, 0.1) is 0 Å². The van der Waals surface area contributed by atoms with E-state index in [0.717, 1.165) is 29.2 Å². The number of benzene rings is 2. The molecule has 0 aliphatic rings. The molecule has 9 heteroatoms. The van der Waals surface area contributed by atoms with Gasteiger partial charge >= 0.3 is 0 Å². The van der Waals surface area contributed by atoms with Crippen LogP contribution in [-0.2, 0) is 13.1 Å². The predicted octanol–water partition coefficient (Wildman–Crippen LogP) is 4.42. The minimum Gasteiger partial charge on any atom is -0.497 e. The molecule has 0 aliphatic heterocycles. The smallest absolute Gasteiger partial charge is 0.291 e. The first-order chi connectivity index (χ1) is 15.6. The molecule has 33 heavy (non-hydrogen) atoms. The maximum Gasteiger partial charge on any atom is 0.291 e. The second-order valence-corrected chi connectivity index (χ2v) is 6.86. The molecule has 1 amide bonds. The van der Waals surface area contributed by atoms with Crippen molar-refractivity contribution in [3.63, 3.8) is 0 Å². The second kappa shape index (κ2) is 13.4. The standard InChI is InChI=1S/C24H28N4O4.HI/c1-4-25-24(27-16-18-10-11-20(30-2)14-22(18)31-3)26-15-17-7-5-8-19(13-17)28-23(29)21-9-6-12-32-21;/h5-14H,4,15-16H2,1-3H3,(H,28,29)(H2,25,26,27);1H. The zero-order valence-electron chi connectivity index (χ0n) is 18.9. The van der Waals surface area contributed by atoms with Crippen LogP contribution in [-0.4, -0.2) is 32.6 Å². The van der Waals surface area contributed by atoms with Crippen LogP contribution in [0.4, 0.5) is 5.69 Å². The van der Waals surface area contributed by atoms with Gasteiger partial charge in [0.15, 0.2) is 11.7 Å². The Balaban J connectivity index is 0.00000385. The average Bonchev–Trinajstić information content (AvgIpc) is 3.36. The highest BCUT2D eigenvalue weighted by Crippen LogP contribution is 2.24. The lowest BCUT2D eigenvalue weighted by molar-refractivity contribution is 0.0996. The Morgan fingerprint density at radius 3 is 2.58 bits per heavy atom. The van der Waals surface area contributed by atoms with Crippen molar-refractivity contribution in [1.82, 2.24) is 10.6 Å². The number of amides is 1. The van der Waals surface area contributed by atoms with Gasteiger partial charge < -0.3 is 29.8 Å². The van der Waals surface area contributed by atoms with E-state index in [0.29, 0.717) is 24.7 Å². The SMILES string of the molecule is CCNC(=NCc1cccc(NC(=O)c2ccco2)c1)NCc1ccc(OC)cc1OC.I. The van der Waals surface area contributed by atoms with Gasteiger partial charge in [0.25, 0.3) is 5.91 Å². The van der Waals surface area contributed by atoms with E-state index in [-0.39, 0.29) is 35.6 Å². The maximum atomic E-state index is 12.2. The molecular weight excluding hydrogens is 535 g/mol. The van der Waals surface area contributed by atoms with Crippen molar-refractivity contribution in [3.05, 3.63) is 77.7 Å². The first kappa shape index (κ1) is 26.0. The Hall–Kier alpha value is -3.21. The summed E-state index contributed by atoms with van der Waals surface area (Å²) in [6, 6.07) is 16.6. The fourth-order valence-corrected chi connectivity index (χ4v) is 3.04. The molecule has 0 spiro atoms. The zero-order valence-corrected chi connectivity index (χ0v) is 21.2. The van der Waals surface area contributed by atoms with Crippen molar-refractivity contribution in [1.29, 1.82) is 0 Å². The van der Waals surface area contributed by atoms with E-state index in [1.807, 2.05) is 49.4 Å². The highest BCUT2D eigenvalue weighted by Gasteiger charge is 2.09. The van der Waals surface area contributed by atoms with E-state index >= 15 is 0 Å². The van der Waals surface area contributed by atoms with E-state index in [1.54, 1.807) is 26.4 Å². The van der Waals surface area contributed by atoms with Crippen molar-refractivity contribution >= 4 is 41.5 Å². The molecular formula is C24H29IN4O4. The number of furan rings is 1. The summed E-state index contributed by atoms with van der Waals surface area (Å²) in [6.07, 6.45) is 1.47. The fraction of sp³-hybridized carbons (Fsp3) is 0.250. The number of halogens is 1. The van der Waals surface area contributed by atoms with Crippen LogP contribution >= 0.6 is 24.0 Å². The number of hydrogen-bond acceptors (Lipinski definition) is 5. The Morgan fingerprint density at radius 2 is 1.88 bits per heavy atom. The second-order valence-electron chi connectivity index (χ2n) is 6.86. The Bertz CT molecular complexity index is 1050. The summed E-state index contributed by atoms with van der Waals surface area (Å²) in [7, 11) is 3.26. The topological polar surface area (TPSA) is 97.1 Å². The summed E-state index contributed by atoms with van der Waals surface area (Å²) in [5.74, 6) is 2.13. The van der Waals surface area contributed by atoms with E-state index < -0.39 is 0 Å². The number of hydrogen-bond donors (Lipinski definition) is 3. The van der Waals surface area contributed by atoms with Gasteiger partial charge in [-0.3, -0.25) is 4.79 Å². The minimum absolute atomic E-state index is 0. The quantitative estimate of drug-likeness (QED) is 0.202. The number of anilines is 1. The van der Waals surface area contributed by atoms with Gasteiger partial charge in [-0.05, 0) is 48.9 Å². The van der Waals surface area contributed by atoms with E-state index in [9.17, 15) is 4.79 Å². The molecule has 0 bridgehead atoms. The number of nitrogens with one attached hydrogen (secondary N) is 3. The van der Waals surface area contributed by atoms with Gasteiger partial charge in [0.1, 0.15) is 11.5 Å². The molecule has 0 saturated heterocycles. The van der Waals surface area contributed by atoms with Gasteiger partial charge in [-0.25, -0.2) is 4.99 Å². The molecule has 0 aliphatic carbocycles. The van der Waals surface area contributed by atoms with Gasteiger partial charge in [0.05, 0.1) is 27.0 Å². The van der Waals surface area contributed by atoms with Crippen LogP contribution < -0.4 is 25.4 Å².